The topological polar surface area (TPSA) is 114 Å². The molecule has 2 atom stereocenters. The Hall–Kier alpha value is -5.03. The third-order valence-corrected chi connectivity index (χ3v) is 10.1. The predicted octanol–water partition coefficient (Wildman–Crippen LogP) is 5.77. The summed E-state index contributed by atoms with van der Waals surface area (Å²) in [6, 6.07) is 26.6. The highest BCUT2D eigenvalue weighted by atomic mass is 32.2. The van der Waals surface area contributed by atoms with E-state index in [0.29, 0.717) is 29.2 Å². The van der Waals surface area contributed by atoms with Gasteiger partial charge in [0.1, 0.15) is 18.3 Å². The van der Waals surface area contributed by atoms with Gasteiger partial charge >= 0.3 is 0 Å². The number of sulfonamides is 1. The summed E-state index contributed by atoms with van der Waals surface area (Å²) in [5.41, 5.74) is 2.63. The van der Waals surface area contributed by atoms with Crippen LogP contribution in [-0.4, -0.2) is 65.1 Å². The highest BCUT2D eigenvalue weighted by Gasteiger charge is 2.35. The molecule has 49 heavy (non-hydrogen) atoms. The minimum absolute atomic E-state index is 0.00961. The molecule has 0 bridgehead atoms. The molecular formula is C38H45N3O7S. The predicted molar refractivity (Wildman–Crippen MR) is 191 cm³/mol. The first-order valence-corrected chi connectivity index (χ1v) is 17.5. The summed E-state index contributed by atoms with van der Waals surface area (Å²) in [7, 11) is 0.198. The average molecular weight is 688 g/mol. The Morgan fingerprint density at radius 3 is 2.10 bits per heavy atom. The Kier molecular flexibility index (Phi) is 12.7. The molecule has 4 aromatic carbocycles. The molecule has 2 amide bonds. The normalized spacial score (nSPS) is 12.4. The summed E-state index contributed by atoms with van der Waals surface area (Å²) in [4.78, 5) is 30.2. The van der Waals surface area contributed by atoms with Crippen molar-refractivity contribution in [1.82, 2.24) is 10.2 Å². The van der Waals surface area contributed by atoms with Gasteiger partial charge in [0.2, 0.25) is 11.8 Å². The lowest BCUT2D eigenvalue weighted by atomic mass is 10.0. The minimum atomic E-state index is -4.29. The Balaban J connectivity index is 1.86. The van der Waals surface area contributed by atoms with Gasteiger partial charge in [0, 0.05) is 25.1 Å². The number of hydrogen-bond donors (Lipinski definition) is 1. The van der Waals surface area contributed by atoms with Crippen LogP contribution in [0, 0.1) is 6.92 Å². The third kappa shape index (κ3) is 9.32. The maximum Gasteiger partial charge on any atom is 0.264 e. The molecule has 0 heterocycles. The number of methoxy groups -OCH3 is 3. The number of rotatable bonds is 16. The zero-order valence-electron chi connectivity index (χ0n) is 28.9. The molecule has 4 rings (SSSR count). The molecular weight excluding hydrogens is 642 g/mol. The number of carbonyl (C=O) groups excluding carboxylic acids is 2. The van der Waals surface area contributed by atoms with Crippen molar-refractivity contribution in [2.24, 2.45) is 0 Å². The van der Waals surface area contributed by atoms with Crippen molar-refractivity contribution in [3.05, 3.63) is 114 Å². The maximum atomic E-state index is 14.7. The van der Waals surface area contributed by atoms with Crippen LogP contribution in [0.5, 0.6) is 17.2 Å². The number of carbonyl (C=O) groups is 2. The van der Waals surface area contributed by atoms with Crippen LogP contribution in [0.2, 0.25) is 0 Å². The van der Waals surface area contributed by atoms with E-state index >= 15 is 0 Å². The minimum Gasteiger partial charge on any atom is -0.497 e. The zero-order valence-corrected chi connectivity index (χ0v) is 29.7. The molecule has 11 heteroatoms. The zero-order chi connectivity index (χ0) is 35.6. The van der Waals surface area contributed by atoms with E-state index in [0.717, 1.165) is 15.4 Å². The molecule has 0 unspecified atom stereocenters. The van der Waals surface area contributed by atoms with Gasteiger partial charge in [-0.2, -0.15) is 0 Å². The van der Waals surface area contributed by atoms with Gasteiger partial charge in [0.25, 0.3) is 10.0 Å². The second-order valence-electron chi connectivity index (χ2n) is 11.8. The second-order valence-corrected chi connectivity index (χ2v) is 13.6. The van der Waals surface area contributed by atoms with Crippen molar-refractivity contribution in [2.45, 2.75) is 57.1 Å². The lowest BCUT2D eigenvalue weighted by Crippen LogP contribution is -2.54. The first-order chi connectivity index (χ1) is 23.5. The number of amides is 2. The quantitative estimate of drug-likeness (QED) is 0.159. The van der Waals surface area contributed by atoms with Crippen LogP contribution >= 0.6 is 0 Å². The molecule has 0 aliphatic carbocycles. The summed E-state index contributed by atoms with van der Waals surface area (Å²) in [5, 5.41) is 3.05. The van der Waals surface area contributed by atoms with Crippen LogP contribution in [0.1, 0.15) is 37.0 Å². The Morgan fingerprint density at radius 2 is 1.47 bits per heavy atom. The number of anilines is 1. The number of aryl methyl sites for hydroxylation is 1. The maximum absolute atomic E-state index is 14.7. The number of nitrogens with zero attached hydrogens (tertiary/aromatic N) is 2. The first-order valence-electron chi connectivity index (χ1n) is 16.1. The second kappa shape index (κ2) is 16.9. The molecule has 260 valence electrons. The standard InChI is InChI=1S/C38H45N3O7S/c1-7-28(3)39-38(43)34(23-29-12-9-8-10-13-29)40(25-30-14-11-15-32(22-30)46-4)37(42)26-41(31-18-21-35(47-5)36(24-31)48-6)49(44,45)33-19-16-27(2)17-20-33/h8-22,24,28,34H,7,23,25-26H2,1-6H3,(H,39,43)/t28-,34+/m0/s1. The monoisotopic (exact) mass is 687 g/mol. The molecule has 0 saturated heterocycles. The molecule has 0 spiro atoms. The van der Waals surface area contributed by atoms with Crippen LogP contribution in [0.25, 0.3) is 0 Å². The SMILES string of the molecule is CC[C@H](C)NC(=O)[C@@H](Cc1ccccc1)N(Cc1cccc(OC)c1)C(=O)CN(c1ccc(OC)c(OC)c1)S(=O)(=O)c1ccc(C)cc1. The summed E-state index contributed by atoms with van der Waals surface area (Å²) < 4.78 is 46.1. The van der Waals surface area contributed by atoms with E-state index in [1.807, 2.05) is 57.2 Å². The van der Waals surface area contributed by atoms with Crippen LogP contribution in [-0.2, 0) is 32.6 Å². The van der Waals surface area contributed by atoms with Gasteiger partial charge in [-0.25, -0.2) is 8.42 Å². The molecule has 0 aliphatic rings. The molecule has 4 aromatic rings. The highest BCUT2D eigenvalue weighted by Crippen LogP contribution is 2.34. The molecule has 10 nitrogen and oxygen atoms in total. The van der Waals surface area contributed by atoms with Crippen molar-refractivity contribution in [1.29, 1.82) is 0 Å². The fraction of sp³-hybridized carbons (Fsp3) is 0.316. The molecule has 1 N–H and O–H groups in total. The van der Waals surface area contributed by atoms with E-state index < -0.39 is 28.5 Å². The summed E-state index contributed by atoms with van der Waals surface area (Å²) in [6.07, 6.45) is 0.898. The Bertz CT molecular complexity index is 1820. The number of hydrogen-bond acceptors (Lipinski definition) is 7. The van der Waals surface area contributed by atoms with Gasteiger partial charge in [-0.3, -0.25) is 13.9 Å². The molecule has 0 fully saturated rings. The molecule has 0 saturated carbocycles. The van der Waals surface area contributed by atoms with Gasteiger partial charge < -0.3 is 24.4 Å². The van der Waals surface area contributed by atoms with Gasteiger partial charge in [0.05, 0.1) is 31.9 Å². The Labute approximate surface area is 289 Å². The largest absolute Gasteiger partial charge is 0.497 e. The van der Waals surface area contributed by atoms with Crippen molar-refractivity contribution < 1.29 is 32.2 Å². The highest BCUT2D eigenvalue weighted by molar-refractivity contribution is 7.92. The summed E-state index contributed by atoms with van der Waals surface area (Å²) in [6.45, 7) is 5.15. The van der Waals surface area contributed by atoms with Crippen LogP contribution in [0.4, 0.5) is 5.69 Å². The molecule has 0 aliphatic heterocycles. The van der Waals surface area contributed by atoms with Crippen LogP contribution in [0.3, 0.4) is 0 Å². The van der Waals surface area contributed by atoms with E-state index in [-0.39, 0.29) is 35.5 Å². The van der Waals surface area contributed by atoms with E-state index in [1.165, 1.54) is 37.3 Å². The van der Waals surface area contributed by atoms with Crippen molar-refractivity contribution in [3.63, 3.8) is 0 Å². The van der Waals surface area contributed by atoms with E-state index in [4.69, 9.17) is 14.2 Å². The van der Waals surface area contributed by atoms with Gasteiger partial charge in [0.15, 0.2) is 11.5 Å². The third-order valence-electron chi connectivity index (χ3n) is 8.30. The molecule has 0 radical (unpaired) electrons. The van der Waals surface area contributed by atoms with Crippen LogP contribution < -0.4 is 23.8 Å². The first kappa shape index (κ1) is 36.8. The van der Waals surface area contributed by atoms with Crippen molar-refractivity contribution in [3.8, 4) is 17.2 Å². The van der Waals surface area contributed by atoms with Crippen molar-refractivity contribution in [2.75, 3.05) is 32.2 Å². The van der Waals surface area contributed by atoms with Gasteiger partial charge in [-0.15, -0.1) is 0 Å². The number of nitrogens with one attached hydrogen (secondary N) is 1. The van der Waals surface area contributed by atoms with Crippen LogP contribution in [0.15, 0.2) is 102 Å². The van der Waals surface area contributed by atoms with E-state index in [9.17, 15) is 18.0 Å². The number of benzene rings is 4. The summed E-state index contributed by atoms with van der Waals surface area (Å²) in [5.74, 6) is 0.360. The lowest BCUT2D eigenvalue weighted by Gasteiger charge is -2.34. The van der Waals surface area contributed by atoms with Crippen molar-refractivity contribution >= 4 is 27.5 Å². The molecule has 0 aromatic heterocycles. The number of ether oxygens (including phenoxy) is 3. The smallest absolute Gasteiger partial charge is 0.264 e. The van der Waals surface area contributed by atoms with Gasteiger partial charge in [-0.1, -0.05) is 67.1 Å². The summed E-state index contributed by atoms with van der Waals surface area (Å²) >= 11 is 0. The van der Waals surface area contributed by atoms with E-state index in [2.05, 4.69) is 5.32 Å². The van der Waals surface area contributed by atoms with Gasteiger partial charge in [-0.05, 0) is 67.8 Å². The average Bonchev–Trinajstić information content (AvgIpc) is 3.12. The lowest BCUT2D eigenvalue weighted by molar-refractivity contribution is -0.140. The fourth-order valence-corrected chi connectivity index (χ4v) is 6.71. The van der Waals surface area contributed by atoms with E-state index in [1.54, 1.807) is 49.6 Å². The Morgan fingerprint density at radius 1 is 0.796 bits per heavy atom. The fourth-order valence-electron chi connectivity index (χ4n) is 5.31.